The van der Waals surface area contributed by atoms with Gasteiger partial charge in [-0.05, 0) is 76.2 Å². The lowest BCUT2D eigenvalue weighted by molar-refractivity contribution is -0.384. The number of anilines is 1. The van der Waals surface area contributed by atoms with E-state index in [4.69, 9.17) is 27.9 Å². The van der Waals surface area contributed by atoms with Crippen molar-refractivity contribution < 1.29 is 14.5 Å². The molecule has 0 saturated heterocycles. The molecule has 3 aromatic carbocycles. The number of ether oxygens (including phenoxy) is 1. The summed E-state index contributed by atoms with van der Waals surface area (Å²) in [5.74, 6) is -0.0186. The number of nitriles is 1. The third-order valence-corrected chi connectivity index (χ3v) is 6.04. The maximum absolute atomic E-state index is 12.5. The summed E-state index contributed by atoms with van der Waals surface area (Å²) in [5, 5.41) is 23.2. The molecule has 0 saturated carbocycles. The van der Waals surface area contributed by atoms with E-state index in [0.717, 1.165) is 9.13 Å². The van der Waals surface area contributed by atoms with Gasteiger partial charge in [-0.3, -0.25) is 14.9 Å². The van der Waals surface area contributed by atoms with E-state index >= 15 is 0 Å². The molecule has 10 heteroatoms. The summed E-state index contributed by atoms with van der Waals surface area (Å²) in [6, 6.07) is 18.0. The van der Waals surface area contributed by atoms with Crippen molar-refractivity contribution in [2.45, 2.75) is 6.61 Å². The van der Waals surface area contributed by atoms with Crippen LogP contribution in [0.15, 0.2) is 66.2 Å². The number of hydrogen-bond acceptors (Lipinski definition) is 5. The average molecular weight is 594 g/mol. The molecule has 0 aliphatic carbocycles. The second-order valence-electron chi connectivity index (χ2n) is 6.63. The van der Waals surface area contributed by atoms with Crippen LogP contribution in [0.4, 0.5) is 11.4 Å². The quantitative estimate of drug-likeness (QED) is 0.109. The number of hydrogen-bond donors (Lipinski definition) is 1. The van der Waals surface area contributed by atoms with Gasteiger partial charge in [0.1, 0.15) is 24.0 Å². The van der Waals surface area contributed by atoms with E-state index in [1.54, 1.807) is 48.5 Å². The first-order valence-corrected chi connectivity index (χ1v) is 11.1. The van der Waals surface area contributed by atoms with Crippen LogP contribution >= 0.6 is 45.8 Å². The first kappa shape index (κ1) is 24.5. The van der Waals surface area contributed by atoms with Gasteiger partial charge < -0.3 is 10.1 Å². The van der Waals surface area contributed by atoms with Crippen molar-refractivity contribution in [1.82, 2.24) is 0 Å². The lowest BCUT2D eigenvalue weighted by Crippen LogP contribution is -2.13. The Morgan fingerprint density at radius 3 is 2.55 bits per heavy atom. The molecule has 0 radical (unpaired) electrons. The van der Waals surface area contributed by atoms with Crippen molar-refractivity contribution in [2.75, 3.05) is 5.32 Å². The third-order valence-electron chi connectivity index (χ3n) is 4.37. The molecule has 0 aromatic heterocycles. The van der Waals surface area contributed by atoms with Crippen molar-refractivity contribution in [2.24, 2.45) is 0 Å². The summed E-state index contributed by atoms with van der Waals surface area (Å²) in [5.41, 5.74) is 1.62. The number of amides is 1. The Morgan fingerprint density at radius 2 is 1.91 bits per heavy atom. The van der Waals surface area contributed by atoms with E-state index in [1.807, 2.05) is 6.07 Å². The van der Waals surface area contributed by atoms with Gasteiger partial charge in [0, 0.05) is 12.1 Å². The molecule has 0 heterocycles. The Morgan fingerprint density at radius 1 is 1.18 bits per heavy atom. The van der Waals surface area contributed by atoms with Gasteiger partial charge in [-0.25, -0.2) is 0 Å². The number of non-ortho nitro benzene ring substituents is 1. The van der Waals surface area contributed by atoms with Gasteiger partial charge in [-0.1, -0.05) is 35.3 Å². The second kappa shape index (κ2) is 11.1. The largest absolute Gasteiger partial charge is 0.488 e. The first-order chi connectivity index (χ1) is 15.8. The minimum Gasteiger partial charge on any atom is -0.488 e. The number of nitro benzene ring substituents is 1. The zero-order valence-corrected chi connectivity index (χ0v) is 20.4. The smallest absolute Gasteiger partial charge is 0.269 e. The van der Waals surface area contributed by atoms with E-state index in [9.17, 15) is 20.2 Å². The molecule has 0 spiro atoms. The van der Waals surface area contributed by atoms with Crippen molar-refractivity contribution in [3.8, 4) is 11.8 Å². The number of nitrogens with zero attached hydrogens (tertiary/aromatic N) is 2. The molecule has 7 nitrogen and oxygen atoms in total. The zero-order valence-electron chi connectivity index (χ0n) is 16.7. The molecule has 0 unspecified atom stereocenters. The zero-order chi connectivity index (χ0) is 24.0. The Bertz CT molecular complexity index is 1290. The molecule has 0 aliphatic heterocycles. The summed E-state index contributed by atoms with van der Waals surface area (Å²) < 4.78 is 6.55. The van der Waals surface area contributed by atoms with Crippen molar-refractivity contribution in [3.63, 3.8) is 0 Å². The van der Waals surface area contributed by atoms with Crippen LogP contribution in [0.3, 0.4) is 0 Å². The number of nitrogens with one attached hydrogen (secondary N) is 1. The van der Waals surface area contributed by atoms with Crippen molar-refractivity contribution >= 4 is 69.2 Å². The van der Waals surface area contributed by atoms with Gasteiger partial charge >= 0.3 is 0 Å². The van der Waals surface area contributed by atoms with Crippen LogP contribution in [0, 0.1) is 25.0 Å². The molecule has 166 valence electrons. The van der Waals surface area contributed by atoms with E-state index < -0.39 is 10.8 Å². The van der Waals surface area contributed by atoms with Gasteiger partial charge in [0.25, 0.3) is 11.6 Å². The van der Waals surface area contributed by atoms with Gasteiger partial charge in [0.15, 0.2) is 0 Å². The molecule has 1 amide bonds. The summed E-state index contributed by atoms with van der Waals surface area (Å²) >= 11 is 14.1. The predicted octanol–water partition coefficient (Wildman–Crippen LogP) is 6.63. The number of rotatable bonds is 7. The maximum atomic E-state index is 12.5. The molecular formula is C23H14Cl2IN3O4. The number of carbonyl (C=O) groups is 1. The minimum atomic E-state index is -0.616. The SMILES string of the molecule is N#C/C(=C/c1ccc(OCc2ccc([N+](=O)[O-])cc2)c(I)c1)C(=O)Nc1cccc(Cl)c1Cl. The summed E-state index contributed by atoms with van der Waals surface area (Å²) in [6.07, 6.45) is 1.45. The Hall–Kier alpha value is -3.13. The average Bonchev–Trinajstić information content (AvgIpc) is 2.80. The van der Waals surface area contributed by atoms with E-state index in [2.05, 4.69) is 27.9 Å². The highest BCUT2D eigenvalue weighted by molar-refractivity contribution is 14.1. The molecule has 0 fully saturated rings. The van der Waals surface area contributed by atoms with Gasteiger partial charge in [-0.2, -0.15) is 5.26 Å². The first-order valence-electron chi connectivity index (χ1n) is 9.31. The van der Waals surface area contributed by atoms with Gasteiger partial charge in [0.05, 0.1) is 24.2 Å². The van der Waals surface area contributed by atoms with Crippen LogP contribution in [-0.4, -0.2) is 10.8 Å². The molecule has 33 heavy (non-hydrogen) atoms. The maximum Gasteiger partial charge on any atom is 0.269 e. The van der Waals surface area contributed by atoms with Crippen LogP contribution in [0.2, 0.25) is 10.0 Å². The molecule has 3 rings (SSSR count). The van der Waals surface area contributed by atoms with Crippen molar-refractivity contribution in [1.29, 1.82) is 5.26 Å². The normalized spacial score (nSPS) is 10.9. The van der Waals surface area contributed by atoms with Gasteiger partial charge in [0.2, 0.25) is 0 Å². The third kappa shape index (κ3) is 6.44. The summed E-state index contributed by atoms with van der Waals surface area (Å²) in [6.45, 7) is 0.232. The standard InChI is InChI=1S/C23H14Cl2IN3O4/c24-18-2-1-3-20(22(18)25)28-23(30)16(12-27)10-15-6-9-21(19(26)11-15)33-13-14-4-7-17(8-5-14)29(31)32/h1-11H,13H2,(H,28,30)/b16-10-. The Labute approximate surface area is 212 Å². The van der Waals surface area contributed by atoms with Crippen LogP contribution in [-0.2, 0) is 11.4 Å². The van der Waals surface area contributed by atoms with Crippen LogP contribution < -0.4 is 10.1 Å². The van der Waals surface area contributed by atoms with Crippen LogP contribution in [0.25, 0.3) is 6.08 Å². The summed E-state index contributed by atoms with van der Waals surface area (Å²) in [7, 11) is 0. The molecular weight excluding hydrogens is 580 g/mol. The number of benzene rings is 3. The topological polar surface area (TPSA) is 105 Å². The van der Waals surface area contributed by atoms with Gasteiger partial charge in [-0.15, -0.1) is 0 Å². The minimum absolute atomic E-state index is 0.0134. The number of halogens is 3. The molecule has 3 aromatic rings. The lowest BCUT2D eigenvalue weighted by atomic mass is 10.1. The fraction of sp³-hybridized carbons (Fsp3) is 0.0435. The fourth-order valence-electron chi connectivity index (χ4n) is 2.70. The molecule has 0 aliphatic rings. The van der Waals surface area contributed by atoms with Crippen molar-refractivity contribution in [3.05, 3.63) is 101 Å². The number of carbonyl (C=O) groups excluding carboxylic acids is 1. The van der Waals surface area contributed by atoms with Crippen LogP contribution in [0.1, 0.15) is 11.1 Å². The highest BCUT2D eigenvalue weighted by Crippen LogP contribution is 2.30. The van der Waals surface area contributed by atoms with E-state index in [0.29, 0.717) is 17.0 Å². The predicted molar refractivity (Wildman–Crippen MR) is 135 cm³/mol. The molecule has 1 N–H and O–H groups in total. The molecule has 0 atom stereocenters. The highest BCUT2D eigenvalue weighted by atomic mass is 127. The fourth-order valence-corrected chi connectivity index (χ4v) is 3.75. The molecule has 0 bridgehead atoms. The summed E-state index contributed by atoms with van der Waals surface area (Å²) in [4.78, 5) is 22.8. The highest BCUT2D eigenvalue weighted by Gasteiger charge is 2.13. The van der Waals surface area contributed by atoms with Crippen LogP contribution in [0.5, 0.6) is 5.75 Å². The lowest BCUT2D eigenvalue weighted by Gasteiger charge is -2.10. The Kier molecular flexibility index (Phi) is 8.27. The van der Waals surface area contributed by atoms with E-state index in [1.165, 1.54) is 18.2 Å². The Balaban J connectivity index is 1.70. The second-order valence-corrected chi connectivity index (χ2v) is 8.57. The number of nitro groups is 1. The monoisotopic (exact) mass is 593 g/mol. The van der Waals surface area contributed by atoms with E-state index in [-0.39, 0.29) is 27.9 Å².